The molecule has 0 aliphatic carbocycles. The lowest BCUT2D eigenvalue weighted by molar-refractivity contribution is 0.437. The molecule has 0 atom stereocenters. The number of aromatic amines is 1. The van der Waals surface area contributed by atoms with E-state index in [4.69, 9.17) is 4.74 Å². The fourth-order valence-electron chi connectivity index (χ4n) is 1.38. The Bertz CT molecular complexity index is 509. The third-order valence-electron chi connectivity index (χ3n) is 2.25. The number of aryl methyl sites for hydroxylation is 1. The second-order valence-electron chi connectivity index (χ2n) is 4.38. The molecule has 0 aromatic carbocycles. The molecular weight excluding hydrogens is 230 g/mol. The molecule has 0 bridgehead atoms. The molecule has 0 saturated heterocycles. The first-order chi connectivity index (χ1) is 8.63. The Balaban J connectivity index is 2.02. The third-order valence-corrected chi connectivity index (χ3v) is 2.25. The molecule has 2 rings (SSSR count). The molecule has 2 heterocycles. The summed E-state index contributed by atoms with van der Waals surface area (Å²) < 4.78 is 5.50. The lowest BCUT2D eigenvalue weighted by atomic mass is 10.3. The van der Waals surface area contributed by atoms with E-state index in [2.05, 4.69) is 39.3 Å². The number of aromatic nitrogens is 4. The van der Waals surface area contributed by atoms with Gasteiger partial charge in [0.25, 0.3) is 0 Å². The maximum Gasteiger partial charge on any atom is 0.240 e. The summed E-state index contributed by atoms with van der Waals surface area (Å²) in [5.74, 6) is 0.945. The topological polar surface area (TPSA) is 75.7 Å². The van der Waals surface area contributed by atoms with E-state index < -0.39 is 0 Å². The second kappa shape index (κ2) is 5.59. The molecule has 0 fully saturated rings. The second-order valence-corrected chi connectivity index (χ2v) is 4.38. The van der Waals surface area contributed by atoms with Crippen molar-refractivity contribution < 1.29 is 4.74 Å². The van der Waals surface area contributed by atoms with Gasteiger partial charge in [-0.2, -0.15) is 0 Å². The van der Waals surface area contributed by atoms with E-state index in [-0.39, 0.29) is 0 Å². The van der Waals surface area contributed by atoms with Gasteiger partial charge in [0.15, 0.2) is 0 Å². The predicted octanol–water partition coefficient (Wildman–Crippen LogP) is 1.80. The van der Waals surface area contributed by atoms with Gasteiger partial charge >= 0.3 is 0 Å². The van der Waals surface area contributed by atoms with Crippen LogP contribution in [0.15, 0.2) is 18.5 Å². The van der Waals surface area contributed by atoms with E-state index in [0.717, 1.165) is 11.4 Å². The molecule has 0 amide bonds. The van der Waals surface area contributed by atoms with Crippen LogP contribution in [0, 0.1) is 6.92 Å². The molecule has 0 spiro atoms. The Morgan fingerprint density at radius 3 is 2.83 bits per heavy atom. The van der Waals surface area contributed by atoms with Crippen LogP contribution >= 0.6 is 0 Å². The standard InChI is InChI=1S/C12H17N5O/c1-8(2)14-6-10-5-13-7-12(15-10)18-11-4-9(3)16-17-11/h4-5,7-8,14H,6H2,1-3H3,(H,16,17). The molecule has 2 aromatic heterocycles. The number of rotatable bonds is 5. The van der Waals surface area contributed by atoms with Crippen LogP contribution in [0.2, 0.25) is 0 Å². The number of hydrogen-bond donors (Lipinski definition) is 2. The molecule has 6 nitrogen and oxygen atoms in total. The van der Waals surface area contributed by atoms with E-state index in [1.165, 1.54) is 0 Å². The Hall–Kier alpha value is -1.95. The Kier molecular flexibility index (Phi) is 3.88. The minimum atomic E-state index is 0.408. The molecule has 0 aliphatic heterocycles. The summed E-state index contributed by atoms with van der Waals surface area (Å²) in [6.07, 6.45) is 3.29. The molecule has 0 aliphatic rings. The maximum absolute atomic E-state index is 5.50. The lowest BCUT2D eigenvalue weighted by Crippen LogP contribution is -2.22. The minimum absolute atomic E-state index is 0.408. The molecular formula is C12H17N5O. The Labute approximate surface area is 106 Å². The fraction of sp³-hybridized carbons (Fsp3) is 0.417. The average Bonchev–Trinajstić information content (AvgIpc) is 2.73. The monoisotopic (exact) mass is 247 g/mol. The van der Waals surface area contributed by atoms with Crippen molar-refractivity contribution in [1.82, 2.24) is 25.5 Å². The van der Waals surface area contributed by atoms with Crippen molar-refractivity contribution >= 4 is 0 Å². The van der Waals surface area contributed by atoms with Crippen molar-refractivity contribution in [1.29, 1.82) is 0 Å². The Morgan fingerprint density at radius 1 is 1.33 bits per heavy atom. The van der Waals surface area contributed by atoms with E-state index in [0.29, 0.717) is 24.3 Å². The van der Waals surface area contributed by atoms with E-state index in [1.807, 2.05) is 6.92 Å². The highest BCUT2D eigenvalue weighted by atomic mass is 16.5. The molecule has 2 N–H and O–H groups in total. The SMILES string of the molecule is Cc1cc(Oc2cncc(CNC(C)C)n2)n[nH]1. The van der Waals surface area contributed by atoms with Gasteiger partial charge in [0.1, 0.15) is 0 Å². The van der Waals surface area contributed by atoms with Crippen LogP contribution in [0.3, 0.4) is 0 Å². The number of H-pyrrole nitrogens is 1. The molecule has 6 heteroatoms. The van der Waals surface area contributed by atoms with Crippen molar-refractivity contribution in [2.24, 2.45) is 0 Å². The lowest BCUT2D eigenvalue weighted by Gasteiger charge is -2.07. The van der Waals surface area contributed by atoms with E-state index >= 15 is 0 Å². The zero-order valence-electron chi connectivity index (χ0n) is 10.8. The number of hydrogen-bond acceptors (Lipinski definition) is 5. The van der Waals surface area contributed by atoms with Gasteiger partial charge in [-0.05, 0) is 6.92 Å². The largest absolute Gasteiger partial charge is 0.417 e. The summed E-state index contributed by atoms with van der Waals surface area (Å²) in [4.78, 5) is 8.45. The van der Waals surface area contributed by atoms with E-state index in [1.54, 1.807) is 18.5 Å². The van der Waals surface area contributed by atoms with Crippen LogP contribution in [0.25, 0.3) is 0 Å². The first-order valence-corrected chi connectivity index (χ1v) is 5.87. The molecule has 0 saturated carbocycles. The van der Waals surface area contributed by atoms with Crippen LogP contribution in [-0.4, -0.2) is 26.2 Å². The quantitative estimate of drug-likeness (QED) is 0.842. The zero-order chi connectivity index (χ0) is 13.0. The highest BCUT2D eigenvalue weighted by Crippen LogP contribution is 2.16. The fourth-order valence-corrected chi connectivity index (χ4v) is 1.38. The predicted molar refractivity (Wildman–Crippen MR) is 67.4 cm³/mol. The summed E-state index contributed by atoms with van der Waals surface area (Å²) in [6, 6.07) is 2.21. The van der Waals surface area contributed by atoms with Gasteiger partial charge in [-0.1, -0.05) is 13.8 Å². The molecule has 18 heavy (non-hydrogen) atoms. The average molecular weight is 247 g/mol. The highest BCUT2D eigenvalue weighted by Gasteiger charge is 2.04. The molecule has 2 aromatic rings. The molecule has 96 valence electrons. The van der Waals surface area contributed by atoms with Gasteiger partial charge in [0, 0.05) is 30.5 Å². The first-order valence-electron chi connectivity index (χ1n) is 5.87. The van der Waals surface area contributed by atoms with Crippen molar-refractivity contribution in [3.05, 3.63) is 29.8 Å². The summed E-state index contributed by atoms with van der Waals surface area (Å²) >= 11 is 0. The minimum Gasteiger partial charge on any atom is -0.417 e. The van der Waals surface area contributed by atoms with Crippen LogP contribution in [0.4, 0.5) is 0 Å². The van der Waals surface area contributed by atoms with Gasteiger partial charge in [0.05, 0.1) is 11.9 Å². The van der Waals surface area contributed by atoms with Crippen LogP contribution < -0.4 is 10.1 Å². The smallest absolute Gasteiger partial charge is 0.240 e. The Morgan fingerprint density at radius 2 is 2.17 bits per heavy atom. The number of ether oxygens (including phenoxy) is 1. The van der Waals surface area contributed by atoms with Crippen molar-refractivity contribution in [3.8, 4) is 11.8 Å². The highest BCUT2D eigenvalue weighted by molar-refractivity contribution is 5.19. The van der Waals surface area contributed by atoms with Crippen LogP contribution in [-0.2, 0) is 6.54 Å². The van der Waals surface area contributed by atoms with Crippen molar-refractivity contribution in [2.45, 2.75) is 33.4 Å². The van der Waals surface area contributed by atoms with Crippen molar-refractivity contribution in [3.63, 3.8) is 0 Å². The summed E-state index contributed by atoms with van der Waals surface area (Å²) in [5.41, 5.74) is 1.78. The van der Waals surface area contributed by atoms with Crippen molar-refractivity contribution in [2.75, 3.05) is 0 Å². The first kappa shape index (κ1) is 12.5. The normalized spacial score (nSPS) is 10.9. The van der Waals surface area contributed by atoms with Gasteiger partial charge < -0.3 is 10.1 Å². The van der Waals surface area contributed by atoms with E-state index in [9.17, 15) is 0 Å². The summed E-state index contributed by atoms with van der Waals surface area (Å²) in [7, 11) is 0. The maximum atomic E-state index is 5.50. The van der Waals surface area contributed by atoms with Crippen LogP contribution in [0.1, 0.15) is 25.2 Å². The van der Waals surface area contributed by atoms with Crippen LogP contribution in [0.5, 0.6) is 11.8 Å². The number of nitrogens with zero attached hydrogens (tertiary/aromatic N) is 3. The van der Waals surface area contributed by atoms with Gasteiger partial charge in [-0.3, -0.25) is 10.1 Å². The molecule has 0 radical (unpaired) electrons. The third kappa shape index (κ3) is 3.53. The molecule has 0 unspecified atom stereocenters. The van der Waals surface area contributed by atoms with Gasteiger partial charge in [0.2, 0.25) is 11.8 Å². The summed E-state index contributed by atoms with van der Waals surface area (Å²) in [6.45, 7) is 6.75. The van der Waals surface area contributed by atoms with Gasteiger partial charge in [-0.25, -0.2) is 4.98 Å². The van der Waals surface area contributed by atoms with Gasteiger partial charge in [-0.15, -0.1) is 5.10 Å². The number of nitrogens with one attached hydrogen (secondary N) is 2. The zero-order valence-corrected chi connectivity index (χ0v) is 10.8. The summed E-state index contributed by atoms with van der Waals surface area (Å²) in [5, 5.41) is 10.1.